The van der Waals surface area contributed by atoms with Crippen LogP contribution in [0.4, 0.5) is 16.2 Å². The summed E-state index contributed by atoms with van der Waals surface area (Å²) in [6.07, 6.45) is -0.520. The quantitative estimate of drug-likeness (QED) is 0.845. The zero-order chi connectivity index (χ0) is 13.3. The van der Waals surface area contributed by atoms with Crippen molar-refractivity contribution in [2.75, 3.05) is 17.7 Å². The van der Waals surface area contributed by atoms with Crippen LogP contribution in [-0.4, -0.2) is 19.1 Å². The third kappa shape index (κ3) is 2.16. The Morgan fingerprint density at radius 3 is 2.78 bits per heavy atom. The highest BCUT2D eigenvalue weighted by Gasteiger charge is 2.32. The average molecular weight is 248 g/mol. The van der Waals surface area contributed by atoms with Crippen molar-refractivity contribution < 1.29 is 14.3 Å². The molecule has 2 amide bonds. The van der Waals surface area contributed by atoms with E-state index in [-0.39, 0.29) is 17.7 Å². The van der Waals surface area contributed by atoms with E-state index in [1.165, 1.54) is 7.11 Å². The van der Waals surface area contributed by atoms with Crippen molar-refractivity contribution in [2.24, 2.45) is 5.92 Å². The summed E-state index contributed by atoms with van der Waals surface area (Å²) in [7, 11) is 1.31. The summed E-state index contributed by atoms with van der Waals surface area (Å²) >= 11 is 0. The SMILES string of the molecule is COC(=O)Nc1ccc2c(c1)C(C(C)C)C(=O)N2. The first-order valence-corrected chi connectivity index (χ1v) is 5.82. The van der Waals surface area contributed by atoms with E-state index in [0.717, 1.165) is 11.3 Å². The lowest BCUT2D eigenvalue weighted by atomic mass is 9.89. The number of amides is 2. The molecule has 0 radical (unpaired) electrons. The topological polar surface area (TPSA) is 67.4 Å². The maximum absolute atomic E-state index is 11.8. The van der Waals surface area contributed by atoms with Crippen LogP contribution in [0, 0.1) is 5.92 Å². The first-order valence-electron chi connectivity index (χ1n) is 5.82. The van der Waals surface area contributed by atoms with Crippen molar-refractivity contribution >= 4 is 23.4 Å². The molecule has 0 aromatic heterocycles. The summed E-state index contributed by atoms with van der Waals surface area (Å²) in [5.74, 6) is 0.0502. The lowest BCUT2D eigenvalue weighted by Gasteiger charge is -2.13. The minimum Gasteiger partial charge on any atom is -0.453 e. The molecule has 0 saturated carbocycles. The van der Waals surface area contributed by atoms with Gasteiger partial charge in [-0.15, -0.1) is 0 Å². The van der Waals surface area contributed by atoms with E-state index in [1.807, 2.05) is 19.9 Å². The highest BCUT2D eigenvalue weighted by atomic mass is 16.5. The van der Waals surface area contributed by atoms with Gasteiger partial charge in [-0.25, -0.2) is 4.79 Å². The molecule has 1 aromatic rings. The fourth-order valence-corrected chi connectivity index (χ4v) is 2.19. The first-order chi connectivity index (χ1) is 8.52. The van der Waals surface area contributed by atoms with Gasteiger partial charge in [-0.3, -0.25) is 10.1 Å². The second kappa shape index (κ2) is 4.68. The molecule has 1 aliphatic rings. The smallest absolute Gasteiger partial charge is 0.411 e. The molecule has 1 atom stereocenters. The lowest BCUT2D eigenvalue weighted by Crippen LogP contribution is -2.17. The van der Waals surface area contributed by atoms with Gasteiger partial charge in [-0.1, -0.05) is 13.8 Å². The molecule has 1 aromatic carbocycles. The van der Waals surface area contributed by atoms with Crippen molar-refractivity contribution in [2.45, 2.75) is 19.8 Å². The molecule has 0 fully saturated rings. The van der Waals surface area contributed by atoms with Crippen LogP contribution in [0.3, 0.4) is 0 Å². The zero-order valence-electron chi connectivity index (χ0n) is 10.6. The Labute approximate surface area is 106 Å². The molecule has 1 heterocycles. The van der Waals surface area contributed by atoms with Gasteiger partial charge < -0.3 is 10.1 Å². The van der Waals surface area contributed by atoms with Crippen molar-refractivity contribution in [3.05, 3.63) is 23.8 Å². The van der Waals surface area contributed by atoms with E-state index in [0.29, 0.717) is 5.69 Å². The van der Waals surface area contributed by atoms with Gasteiger partial charge in [0.05, 0.1) is 13.0 Å². The Bertz CT molecular complexity index is 497. The minimum absolute atomic E-state index is 0.00946. The van der Waals surface area contributed by atoms with Crippen LogP contribution in [0.1, 0.15) is 25.3 Å². The number of hydrogen-bond donors (Lipinski definition) is 2. The number of hydrogen-bond acceptors (Lipinski definition) is 3. The number of anilines is 2. The van der Waals surface area contributed by atoms with Crippen LogP contribution in [-0.2, 0) is 9.53 Å². The minimum atomic E-state index is -0.520. The molecule has 5 nitrogen and oxygen atoms in total. The Kier molecular flexibility index (Phi) is 3.23. The fourth-order valence-electron chi connectivity index (χ4n) is 2.19. The van der Waals surface area contributed by atoms with Crippen LogP contribution in [0.2, 0.25) is 0 Å². The molecular weight excluding hydrogens is 232 g/mol. The van der Waals surface area contributed by atoms with Gasteiger partial charge >= 0.3 is 6.09 Å². The Balaban J connectivity index is 2.32. The number of carbonyl (C=O) groups is 2. The fraction of sp³-hybridized carbons (Fsp3) is 0.385. The number of rotatable bonds is 2. The van der Waals surface area contributed by atoms with Gasteiger partial charge in [0.25, 0.3) is 0 Å². The van der Waals surface area contributed by atoms with Crippen LogP contribution >= 0.6 is 0 Å². The van der Waals surface area contributed by atoms with Crippen LogP contribution < -0.4 is 10.6 Å². The van der Waals surface area contributed by atoms with Gasteiger partial charge in [0, 0.05) is 11.4 Å². The summed E-state index contributed by atoms with van der Waals surface area (Å²) in [4.78, 5) is 23.0. The number of carbonyl (C=O) groups excluding carboxylic acids is 2. The summed E-state index contributed by atoms with van der Waals surface area (Å²) in [6.45, 7) is 4.00. The molecular formula is C13H16N2O3. The maximum Gasteiger partial charge on any atom is 0.411 e. The second-order valence-corrected chi connectivity index (χ2v) is 4.63. The summed E-state index contributed by atoms with van der Waals surface area (Å²) in [5, 5.41) is 5.44. The molecule has 0 saturated heterocycles. The number of nitrogens with one attached hydrogen (secondary N) is 2. The Hall–Kier alpha value is -2.04. The molecule has 1 unspecified atom stereocenters. The van der Waals surface area contributed by atoms with Crippen molar-refractivity contribution in [1.82, 2.24) is 0 Å². The van der Waals surface area contributed by atoms with Crippen molar-refractivity contribution in [3.63, 3.8) is 0 Å². The summed E-state index contributed by atoms with van der Waals surface area (Å²) in [5.41, 5.74) is 2.36. The molecule has 96 valence electrons. The summed E-state index contributed by atoms with van der Waals surface area (Å²) in [6, 6.07) is 5.34. The zero-order valence-corrected chi connectivity index (χ0v) is 10.6. The number of benzene rings is 1. The molecule has 5 heteroatoms. The Morgan fingerprint density at radius 2 is 2.17 bits per heavy atom. The monoisotopic (exact) mass is 248 g/mol. The van der Waals surface area contributed by atoms with Crippen LogP contribution in [0.5, 0.6) is 0 Å². The molecule has 0 bridgehead atoms. The average Bonchev–Trinajstić information content (AvgIpc) is 2.64. The standard InChI is InChI=1S/C13H16N2O3/c1-7(2)11-9-6-8(14-13(17)18-3)4-5-10(9)15-12(11)16/h4-7,11H,1-3H3,(H,14,17)(H,15,16). The number of methoxy groups -OCH3 is 1. The third-order valence-electron chi connectivity index (χ3n) is 3.03. The maximum atomic E-state index is 11.8. The van der Waals surface area contributed by atoms with Gasteiger partial charge in [0.2, 0.25) is 5.91 Å². The van der Waals surface area contributed by atoms with Crippen LogP contribution in [0.15, 0.2) is 18.2 Å². The molecule has 18 heavy (non-hydrogen) atoms. The number of ether oxygens (including phenoxy) is 1. The van der Waals surface area contributed by atoms with Gasteiger partial charge in [0.1, 0.15) is 0 Å². The van der Waals surface area contributed by atoms with E-state index in [2.05, 4.69) is 15.4 Å². The number of fused-ring (bicyclic) bond motifs is 1. The van der Waals surface area contributed by atoms with Crippen molar-refractivity contribution in [3.8, 4) is 0 Å². The summed E-state index contributed by atoms with van der Waals surface area (Å²) < 4.78 is 4.54. The molecule has 0 aliphatic carbocycles. The highest BCUT2D eigenvalue weighted by Crippen LogP contribution is 2.38. The molecule has 1 aliphatic heterocycles. The molecule has 2 rings (SSSR count). The van der Waals surface area contributed by atoms with Gasteiger partial charge in [-0.05, 0) is 29.7 Å². The van der Waals surface area contributed by atoms with Gasteiger partial charge in [0.15, 0.2) is 0 Å². The van der Waals surface area contributed by atoms with Crippen LogP contribution in [0.25, 0.3) is 0 Å². The second-order valence-electron chi connectivity index (χ2n) is 4.63. The van der Waals surface area contributed by atoms with E-state index in [4.69, 9.17) is 0 Å². The third-order valence-corrected chi connectivity index (χ3v) is 3.03. The van der Waals surface area contributed by atoms with E-state index < -0.39 is 6.09 Å². The molecule has 0 spiro atoms. The predicted molar refractivity (Wildman–Crippen MR) is 68.7 cm³/mol. The predicted octanol–water partition coefficient (Wildman–Crippen LogP) is 2.56. The largest absolute Gasteiger partial charge is 0.453 e. The van der Waals surface area contributed by atoms with E-state index in [1.54, 1.807) is 12.1 Å². The Morgan fingerprint density at radius 1 is 1.44 bits per heavy atom. The lowest BCUT2D eigenvalue weighted by molar-refractivity contribution is -0.117. The van der Waals surface area contributed by atoms with E-state index in [9.17, 15) is 9.59 Å². The first kappa shape index (κ1) is 12.4. The van der Waals surface area contributed by atoms with Gasteiger partial charge in [-0.2, -0.15) is 0 Å². The van der Waals surface area contributed by atoms with Crippen molar-refractivity contribution in [1.29, 1.82) is 0 Å². The molecule has 2 N–H and O–H groups in total. The highest BCUT2D eigenvalue weighted by molar-refractivity contribution is 6.03. The normalized spacial score (nSPS) is 17.3. The van der Waals surface area contributed by atoms with E-state index >= 15 is 0 Å².